The predicted molar refractivity (Wildman–Crippen MR) is 79.6 cm³/mol. The first-order chi connectivity index (χ1) is 9.88. The molecule has 0 aromatic heterocycles. The Hall–Kier alpha value is -1.93. The third-order valence-corrected chi connectivity index (χ3v) is 3.28. The molecule has 4 nitrogen and oxygen atoms in total. The van der Waals surface area contributed by atoms with Crippen molar-refractivity contribution in [2.75, 3.05) is 6.54 Å². The molecule has 1 aromatic rings. The van der Waals surface area contributed by atoms with E-state index in [4.69, 9.17) is 11.0 Å². The summed E-state index contributed by atoms with van der Waals surface area (Å²) in [6.45, 7) is 6.47. The van der Waals surface area contributed by atoms with Crippen LogP contribution in [0.3, 0.4) is 0 Å². The molecule has 0 aliphatic carbocycles. The van der Waals surface area contributed by atoms with Crippen LogP contribution in [0.25, 0.3) is 0 Å². The lowest BCUT2D eigenvalue weighted by Gasteiger charge is -2.25. The average Bonchev–Trinajstić information content (AvgIpc) is 2.44. The van der Waals surface area contributed by atoms with Gasteiger partial charge >= 0.3 is 0 Å². The van der Waals surface area contributed by atoms with Crippen LogP contribution < -0.4 is 5.73 Å². The van der Waals surface area contributed by atoms with Gasteiger partial charge in [0.1, 0.15) is 5.82 Å². The molecule has 0 fully saturated rings. The van der Waals surface area contributed by atoms with Crippen molar-refractivity contribution >= 4 is 5.91 Å². The molecule has 0 aliphatic heterocycles. The molecule has 5 heteroatoms. The molecule has 0 spiro atoms. The molecule has 0 heterocycles. The number of hydrogen-bond donors (Lipinski definition) is 1. The fourth-order valence-electron chi connectivity index (χ4n) is 2.14. The van der Waals surface area contributed by atoms with Crippen LogP contribution in [0, 0.1) is 23.1 Å². The Morgan fingerprint density at radius 1 is 1.48 bits per heavy atom. The fourth-order valence-corrected chi connectivity index (χ4v) is 2.14. The first kappa shape index (κ1) is 17.1. The minimum Gasteiger partial charge on any atom is -0.337 e. The van der Waals surface area contributed by atoms with Gasteiger partial charge in [-0.05, 0) is 31.4 Å². The predicted octanol–water partition coefficient (Wildman–Crippen LogP) is 2.42. The zero-order chi connectivity index (χ0) is 16.0. The normalized spacial score (nSPS) is 12.0. The second-order valence-electron chi connectivity index (χ2n) is 5.51. The second-order valence-corrected chi connectivity index (χ2v) is 5.51. The number of likely N-dealkylation sites (N-methyl/N-ethyl adjacent to an activating group) is 1. The molecule has 1 amide bonds. The van der Waals surface area contributed by atoms with Gasteiger partial charge in [0.2, 0.25) is 5.91 Å². The molecule has 2 N–H and O–H groups in total. The summed E-state index contributed by atoms with van der Waals surface area (Å²) < 4.78 is 13.9. The van der Waals surface area contributed by atoms with E-state index in [2.05, 4.69) is 0 Å². The SMILES string of the molecule is CCN(Cc1ccc(C#N)cc1F)C(=O)[C@@H](N)CC(C)C. The zero-order valence-corrected chi connectivity index (χ0v) is 12.8. The summed E-state index contributed by atoms with van der Waals surface area (Å²) in [5.41, 5.74) is 6.56. The Labute approximate surface area is 125 Å². The maximum atomic E-state index is 13.9. The molecule has 114 valence electrons. The van der Waals surface area contributed by atoms with Crippen LogP contribution in [0.15, 0.2) is 18.2 Å². The van der Waals surface area contributed by atoms with Crippen molar-refractivity contribution in [1.29, 1.82) is 5.26 Å². The quantitative estimate of drug-likeness (QED) is 0.875. The highest BCUT2D eigenvalue weighted by Gasteiger charge is 2.21. The highest BCUT2D eigenvalue weighted by atomic mass is 19.1. The Morgan fingerprint density at radius 3 is 2.62 bits per heavy atom. The fraction of sp³-hybridized carbons (Fsp3) is 0.500. The second kappa shape index (κ2) is 7.75. The van der Waals surface area contributed by atoms with Crippen LogP contribution in [0.5, 0.6) is 0 Å². The van der Waals surface area contributed by atoms with Crippen molar-refractivity contribution < 1.29 is 9.18 Å². The monoisotopic (exact) mass is 291 g/mol. The van der Waals surface area contributed by atoms with E-state index in [0.29, 0.717) is 24.4 Å². The maximum absolute atomic E-state index is 13.9. The summed E-state index contributed by atoms with van der Waals surface area (Å²) in [5.74, 6) is -0.318. The van der Waals surface area contributed by atoms with Crippen molar-refractivity contribution in [3.05, 3.63) is 35.1 Å². The van der Waals surface area contributed by atoms with Crippen molar-refractivity contribution in [2.24, 2.45) is 11.7 Å². The number of carbonyl (C=O) groups is 1. The minimum atomic E-state index is -0.564. The van der Waals surface area contributed by atoms with Gasteiger partial charge in [-0.25, -0.2) is 4.39 Å². The summed E-state index contributed by atoms with van der Waals surface area (Å²) in [6.07, 6.45) is 0.602. The molecular formula is C16H22FN3O. The van der Waals surface area contributed by atoms with E-state index in [9.17, 15) is 9.18 Å². The minimum absolute atomic E-state index is 0.165. The van der Waals surface area contributed by atoms with Gasteiger partial charge in [0, 0.05) is 18.7 Å². The molecule has 21 heavy (non-hydrogen) atoms. The highest BCUT2D eigenvalue weighted by Crippen LogP contribution is 2.14. The Kier molecular flexibility index (Phi) is 6.32. The lowest BCUT2D eigenvalue weighted by molar-refractivity contribution is -0.133. The number of carbonyl (C=O) groups excluding carboxylic acids is 1. The van der Waals surface area contributed by atoms with Gasteiger partial charge in [-0.1, -0.05) is 19.9 Å². The van der Waals surface area contributed by atoms with E-state index in [0.717, 1.165) is 0 Å². The number of nitriles is 1. The van der Waals surface area contributed by atoms with Gasteiger partial charge < -0.3 is 10.6 Å². The van der Waals surface area contributed by atoms with E-state index < -0.39 is 11.9 Å². The van der Waals surface area contributed by atoms with Gasteiger partial charge in [-0.3, -0.25) is 4.79 Å². The average molecular weight is 291 g/mol. The number of hydrogen-bond acceptors (Lipinski definition) is 3. The maximum Gasteiger partial charge on any atom is 0.239 e. The molecule has 0 unspecified atom stereocenters. The Bertz CT molecular complexity index is 537. The molecule has 0 bridgehead atoms. The lowest BCUT2D eigenvalue weighted by Crippen LogP contribution is -2.44. The highest BCUT2D eigenvalue weighted by molar-refractivity contribution is 5.81. The van der Waals surface area contributed by atoms with Crippen LogP contribution in [-0.2, 0) is 11.3 Å². The molecule has 1 aromatic carbocycles. The van der Waals surface area contributed by atoms with Crippen molar-refractivity contribution in [3.63, 3.8) is 0 Å². The number of nitrogens with zero attached hydrogens (tertiary/aromatic N) is 2. The van der Waals surface area contributed by atoms with Crippen molar-refractivity contribution in [2.45, 2.75) is 39.8 Å². The third-order valence-electron chi connectivity index (χ3n) is 3.28. The first-order valence-electron chi connectivity index (χ1n) is 7.11. The number of halogens is 1. The third kappa shape index (κ3) is 4.83. The largest absolute Gasteiger partial charge is 0.337 e. The zero-order valence-electron chi connectivity index (χ0n) is 12.8. The first-order valence-corrected chi connectivity index (χ1v) is 7.11. The van der Waals surface area contributed by atoms with E-state index in [-0.39, 0.29) is 18.0 Å². The van der Waals surface area contributed by atoms with Crippen molar-refractivity contribution in [3.8, 4) is 6.07 Å². The summed E-state index contributed by atoms with van der Waals surface area (Å²) in [4.78, 5) is 13.8. The van der Waals surface area contributed by atoms with Crippen LogP contribution in [0.2, 0.25) is 0 Å². The van der Waals surface area contributed by atoms with Crippen LogP contribution in [-0.4, -0.2) is 23.4 Å². The molecule has 1 atom stereocenters. The standard InChI is InChI=1S/C16H22FN3O/c1-4-20(16(21)15(19)7-11(2)3)10-13-6-5-12(9-18)8-14(13)17/h5-6,8,11,15H,4,7,10,19H2,1-3H3/t15-/m0/s1. The number of rotatable bonds is 6. The van der Waals surface area contributed by atoms with Gasteiger partial charge in [0.25, 0.3) is 0 Å². The number of nitrogens with two attached hydrogens (primary N) is 1. The molecule has 0 saturated heterocycles. The van der Waals surface area contributed by atoms with E-state index in [1.54, 1.807) is 6.07 Å². The summed E-state index contributed by atoms with van der Waals surface area (Å²) in [5, 5.41) is 8.73. The lowest BCUT2D eigenvalue weighted by atomic mass is 10.0. The van der Waals surface area contributed by atoms with Crippen LogP contribution in [0.4, 0.5) is 4.39 Å². The topological polar surface area (TPSA) is 70.1 Å². The Morgan fingerprint density at radius 2 is 2.14 bits per heavy atom. The van der Waals surface area contributed by atoms with Gasteiger partial charge in [0.15, 0.2) is 0 Å². The summed E-state index contributed by atoms with van der Waals surface area (Å²) in [6, 6.07) is 5.59. The smallest absolute Gasteiger partial charge is 0.239 e. The molecule has 0 radical (unpaired) electrons. The number of amides is 1. The number of benzene rings is 1. The van der Waals surface area contributed by atoms with E-state index in [1.807, 2.05) is 26.8 Å². The van der Waals surface area contributed by atoms with E-state index >= 15 is 0 Å². The van der Waals surface area contributed by atoms with Gasteiger partial charge in [0.05, 0.1) is 17.7 Å². The summed E-state index contributed by atoms with van der Waals surface area (Å²) in [7, 11) is 0. The summed E-state index contributed by atoms with van der Waals surface area (Å²) >= 11 is 0. The van der Waals surface area contributed by atoms with Crippen molar-refractivity contribution in [1.82, 2.24) is 4.90 Å². The van der Waals surface area contributed by atoms with Gasteiger partial charge in [-0.2, -0.15) is 5.26 Å². The van der Waals surface area contributed by atoms with E-state index in [1.165, 1.54) is 17.0 Å². The Balaban J connectivity index is 2.83. The molecule has 1 rings (SSSR count). The molecular weight excluding hydrogens is 269 g/mol. The van der Waals surface area contributed by atoms with Crippen LogP contribution in [0.1, 0.15) is 38.3 Å². The molecule has 0 aliphatic rings. The molecule has 0 saturated carbocycles. The van der Waals surface area contributed by atoms with Gasteiger partial charge in [-0.15, -0.1) is 0 Å². The van der Waals surface area contributed by atoms with Crippen LogP contribution >= 0.6 is 0 Å².